The van der Waals surface area contributed by atoms with Crippen molar-refractivity contribution in [2.75, 3.05) is 5.73 Å². The van der Waals surface area contributed by atoms with Gasteiger partial charge < -0.3 is 5.73 Å². The van der Waals surface area contributed by atoms with Gasteiger partial charge in [0.15, 0.2) is 5.78 Å². The minimum absolute atomic E-state index is 0.0875. The third-order valence-corrected chi connectivity index (χ3v) is 3.76. The fourth-order valence-corrected chi connectivity index (χ4v) is 2.63. The summed E-state index contributed by atoms with van der Waals surface area (Å²) in [6.07, 6.45) is 0.975. The minimum atomic E-state index is -0.417. The highest BCUT2D eigenvalue weighted by Gasteiger charge is 2.20. The third-order valence-electron chi connectivity index (χ3n) is 3.76. The van der Waals surface area contributed by atoms with Crippen LogP contribution in [-0.2, 0) is 24.1 Å². The second-order valence-corrected chi connectivity index (χ2v) is 5.32. The Morgan fingerprint density at radius 3 is 2.62 bits per heavy atom. The lowest BCUT2D eigenvalue weighted by molar-refractivity contribution is -0.117. The molecule has 0 saturated carbocycles. The number of Topliss-reactive ketones (excluding diaryl/α,β-unsaturated/α-hetero) is 2. The summed E-state index contributed by atoms with van der Waals surface area (Å²) < 4.78 is 13.0. The van der Waals surface area contributed by atoms with Crippen LogP contribution in [0.5, 0.6) is 0 Å². The summed E-state index contributed by atoms with van der Waals surface area (Å²) in [6.45, 7) is 0. The van der Waals surface area contributed by atoms with Crippen LogP contribution < -0.4 is 5.73 Å². The topological polar surface area (TPSA) is 60.2 Å². The molecule has 3 rings (SSSR count). The second kappa shape index (κ2) is 5.13. The lowest BCUT2D eigenvalue weighted by Crippen LogP contribution is -2.06. The van der Waals surface area contributed by atoms with Crippen molar-refractivity contribution in [2.24, 2.45) is 0 Å². The second-order valence-electron chi connectivity index (χ2n) is 5.32. The molecule has 0 unspecified atom stereocenters. The van der Waals surface area contributed by atoms with E-state index in [1.165, 1.54) is 18.2 Å². The molecule has 21 heavy (non-hydrogen) atoms. The molecule has 0 radical (unpaired) electrons. The Morgan fingerprint density at radius 1 is 1.10 bits per heavy atom. The molecular weight excluding hydrogens is 269 g/mol. The Kier molecular flexibility index (Phi) is 3.29. The summed E-state index contributed by atoms with van der Waals surface area (Å²) in [5.74, 6) is -0.326. The summed E-state index contributed by atoms with van der Waals surface area (Å²) in [6, 6.07) is 9.38. The van der Waals surface area contributed by atoms with Gasteiger partial charge in [0.1, 0.15) is 11.6 Å². The van der Waals surface area contributed by atoms with Crippen LogP contribution in [0.4, 0.5) is 10.1 Å². The molecule has 0 spiro atoms. The van der Waals surface area contributed by atoms with E-state index in [2.05, 4.69) is 0 Å². The number of nitrogens with two attached hydrogens (primary N) is 1. The first-order chi connectivity index (χ1) is 10.0. The molecule has 0 aromatic heterocycles. The van der Waals surface area contributed by atoms with E-state index in [1.807, 2.05) is 6.07 Å². The summed E-state index contributed by atoms with van der Waals surface area (Å²) in [7, 11) is 0. The number of halogens is 1. The number of rotatable bonds is 3. The molecule has 2 N–H and O–H groups in total. The largest absolute Gasteiger partial charge is 0.398 e. The highest BCUT2D eigenvalue weighted by atomic mass is 19.1. The van der Waals surface area contributed by atoms with Gasteiger partial charge in [0, 0.05) is 30.5 Å². The normalized spacial score (nSPS) is 13.3. The molecule has 0 atom stereocenters. The van der Waals surface area contributed by atoms with Crippen LogP contribution in [0.1, 0.15) is 27.0 Å². The number of carbonyl (C=O) groups excluding carboxylic acids is 2. The van der Waals surface area contributed by atoms with Crippen LogP contribution in [-0.4, -0.2) is 11.6 Å². The van der Waals surface area contributed by atoms with Crippen LogP contribution in [0, 0.1) is 5.82 Å². The van der Waals surface area contributed by atoms with Gasteiger partial charge in [-0.05, 0) is 34.9 Å². The zero-order valence-electron chi connectivity index (χ0n) is 11.4. The number of anilines is 1. The quantitative estimate of drug-likeness (QED) is 0.695. The zero-order valence-corrected chi connectivity index (χ0v) is 11.4. The van der Waals surface area contributed by atoms with E-state index in [0.717, 1.165) is 11.1 Å². The Balaban J connectivity index is 1.83. The molecule has 1 aliphatic carbocycles. The smallest absolute Gasteiger partial charge is 0.167 e. The number of carbonyl (C=O) groups is 2. The van der Waals surface area contributed by atoms with Gasteiger partial charge in [0.2, 0.25) is 0 Å². The van der Waals surface area contributed by atoms with Gasteiger partial charge >= 0.3 is 0 Å². The van der Waals surface area contributed by atoms with E-state index in [1.54, 1.807) is 12.1 Å². The number of hydrogen-bond acceptors (Lipinski definition) is 3. The van der Waals surface area contributed by atoms with E-state index in [9.17, 15) is 14.0 Å². The molecule has 0 aliphatic heterocycles. The maximum atomic E-state index is 13.0. The van der Waals surface area contributed by atoms with E-state index in [4.69, 9.17) is 5.73 Å². The van der Waals surface area contributed by atoms with Crippen molar-refractivity contribution in [3.8, 4) is 0 Å². The van der Waals surface area contributed by atoms with Crippen molar-refractivity contribution in [3.05, 3.63) is 64.5 Å². The first-order valence-corrected chi connectivity index (χ1v) is 6.73. The van der Waals surface area contributed by atoms with Gasteiger partial charge in [0.25, 0.3) is 0 Å². The molecule has 2 aromatic carbocycles. The van der Waals surface area contributed by atoms with E-state index >= 15 is 0 Å². The van der Waals surface area contributed by atoms with Crippen LogP contribution in [0.2, 0.25) is 0 Å². The summed E-state index contributed by atoms with van der Waals surface area (Å²) >= 11 is 0. The fourth-order valence-electron chi connectivity index (χ4n) is 2.63. The molecule has 0 bridgehead atoms. The molecule has 106 valence electrons. The first-order valence-electron chi connectivity index (χ1n) is 6.73. The van der Waals surface area contributed by atoms with E-state index in [-0.39, 0.29) is 23.7 Å². The lowest BCUT2D eigenvalue weighted by Gasteiger charge is -2.07. The summed E-state index contributed by atoms with van der Waals surface area (Å²) in [5.41, 5.74) is 9.09. The third kappa shape index (κ3) is 2.70. The Morgan fingerprint density at radius 2 is 1.86 bits per heavy atom. The minimum Gasteiger partial charge on any atom is -0.398 e. The van der Waals surface area contributed by atoms with Crippen molar-refractivity contribution in [3.63, 3.8) is 0 Å². The molecule has 3 nitrogen and oxygen atoms in total. The van der Waals surface area contributed by atoms with Gasteiger partial charge in [-0.25, -0.2) is 4.39 Å². The van der Waals surface area contributed by atoms with E-state index < -0.39 is 5.82 Å². The number of hydrogen-bond donors (Lipinski definition) is 1. The summed E-state index contributed by atoms with van der Waals surface area (Å²) in [4.78, 5) is 23.7. The Hall–Kier alpha value is -2.49. The van der Waals surface area contributed by atoms with Crippen LogP contribution >= 0.6 is 0 Å². The molecule has 0 saturated heterocycles. The highest BCUT2D eigenvalue weighted by Crippen LogP contribution is 2.22. The van der Waals surface area contributed by atoms with Gasteiger partial charge in [-0.1, -0.05) is 18.2 Å². The predicted molar refractivity (Wildman–Crippen MR) is 77.7 cm³/mol. The van der Waals surface area contributed by atoms with Gasteiger partial charge in [-0.2, -0.15) is 0 Å². The number of nitrogen functional groups attached to an aromatic ring is 1. The molecule has 0 heterocycles. The van der Waals surface area contributed by atoms with Crippen molar-refractivity contribution in [1.29, 1.82) is 0 Å². The van der Waals surface area contributed by atoms with Crippen molar-refractivity contribution < 1.29 is 14.0 Å². The van der Waals surface area contributed by atoms with Gasteiger partial charge in [-0.15, -0.1) is 0 Å². The number of ketones is 2. The van der Waals surface area contributed by atoms with E-state index in [0.29, 0.717) is 24.0 Å². The SMILES string of the molecule is Nc1cc(F)ccc1CC(=O)c1ccc2c(c1)CC(=O)C2. The zero-order chi connectivity index (χ0) is 15.0. The number of benzene rings is 2. The average Bonchev–Trinajstić information content (AvgIpc) is 2.80. The maximum absolute atomic E-state index is 13.0. The summed E-state index contributed by atoms with van der Waals surface area (Å²) in [5, 5.41) is 0. The standard InChI is InChI=1S/C17H14FNO2/c18-14-4-3-11(16(19)9-14)8-17(21)12-2-1-10-6-15(20)7-13(10)5-12/h1-5,9H,6-8,19H2. The molecule has 2 aromatic rings. The molecular formula is C17H14FNO2. The van der Waals surface area contributed by atoms with Crippen LogP contribution in [0.15, 0.2) is 36.4 Å². The molecule has 0 fully saturated rings. The van der Waals surface area contributed by atoms with Crippen molar-refractivity contribution >= 4 is 17.3 Å². The Bertz CT molecular complexity index is 752. The molecule has 0 amide bonds. The Labute approximate surface area is 121 Å². The lowest BCUT2D eigenvalue weighted by atomic mass is 9.98. The fraction of sp³-hybridized carbons (Fsp3) is 0.176. The van der Waals surface area contributed by atoms with Crippen LogP contribution in [0.3, 0.4) is 0 Å². The van der Waals surface area contributed by atoms with Crippen molar-refractivity contribution in [1.82, 2.24) is 0 Å². The average molecular weight is 283 g/mol. The highest BCUT2D eigenvalue weighted by molar-refractivity contribution is 5.99. The number of fused-ring (bicyclic) bond motifs is 1. The molecule has 1 aliphatic rings. The van der Waals surface area contributed by atoms with Crippen LogP contribution in [0.25, 0.3) is 0 Å². The van der Waals surface area contributed by atoms with Gasteiger partial charge in [-0.3, -0.25) is 9.59 Å². The first kappa shape index (κ1) is 13.5. The van der Waals surface area contributed by atoms with Gasteiger partial charge in [0.05, 0.1) is 0 Å². The monoisotopic (exact) mass is 283 g/mol. The predicted octanol–water partition coefficient (Wildman–Crippen LogP) is 2.50. The molecule has 4 heteroatoms. The maximum Gasteiger partial charge on any atom is 0.167 e. The van der Waals surface area contributed by atoms with Crippen molar-refractivity contribution in [2.45, 2.75) is 19.3 Å².